The second-order valence-corrected chi connectivity index (χ2v) is 3.24. The first-order chi connectivity index (χ1) is 6.06. The minimum atomic E-state index is -0.774. The maximum absolute atomic E-state index is 10.2. The van der Waals surface area contributed by atoms with Crippen molar-refractivity contribution in [1.82, 2.24) is 0 Å². The van der Waals surface area contributed by atoms with Gasteiger partial charge in [0, 0.05) is 6.42 Å². The van der Waals surface area contributed by atoms with Gasteiger partial charge in [0.15, 0.2) is 0 Å². The zero-order chi connectivity index (χ0) is 10.3. The first-order valence-electron chi connectivity index (χ1n) is 4.61. The van der Waals surface area contributed by atoms with Crippen LogP contribution in [0.15, 0.2) is 11.6 Å². The summed E-state index contributed by atoms with van der Waals surface area (Å²) in [4.78, 5) is 10.2. The van der Waals surface area contributed by atoms with E-state index in [1.54, 1.807) is 0 Å². The van der Waals surface area contributed by atoms with E-state index in [0.717, 1.165) is 12.0 Å². The van der Waals surface area contributed by atoms with E-state index in [2.05, 4.69) is 0 Å². The second kappa shape index (κ2) is 6.66. The molecule has 0 aliphatic carbocycles. The van der Waals surface area contributed by atoms with Gasteiger partial charge in [0.2, 0.25) is 0 Å². The van der Waals surface area contributed by atoms with Crippen molar-refractivity contribution in [3.8, 4) is 0 Å². The van der Waals surface area contributed by atoms with Gasteiger partial charge in [-0.3, -0.25) is 4.79 Å². The van der Waals surface area contributed by atoms with Gasteiger partial charge in [-0.2, -0.15) is 0 Å². The Kier molecular flexibility index (Phi) is 6.24. The summed E-state index contributed by atoms with van der Waals surface area (Å²) in [7, 11) is 0. The number of hydrogen-bond acceptors (Lipinski definition) is 2. The van der Waals surface area contributed by atoms with Crippen LogP contribution in [0.1, 0.15) is 39.5 Å². The molecule has 0 aromatic carbocycles. The Morgan fingerprint density at radius 1 is 1.46 bits per heavy atom. The molecule has 0 saturated heterocycles. The van der Waals surface area contributed by atoms with Gasteiger partial charge in [0.25, 0.3) is 0 Å². The third kappa shape index (κ3) is 7.53. The monoisotopic (exact) mass is 186 g/mol. The van der Waals surface area contributed by atoms with Gasteiger partial charge in [-0.15, -0.1) is 0 Å². The summed E-state index contributed by atoms with van der Waals surface area (Å²) in [6.07, 6.45) is 3.73. The van der Waals surface area contributed by atoms with Crippen molar-refractivity contribution in [3.05, 3.63) is 11.6 Å². The fourth-order valence-electron chi connectivity index (χ4n) is 0.910. The maximum atomic E-state index is 10.2. The summed E-state index contributed by atoms with van der Waals surface area (Å²) >= 11 is 0. The maximum Gasteiger partial charge on any atom is 0.303 e. The summed E-state index contributed by atoms with van der Waals surface area (Å²) in [5.41, 5.74) is 1.04. The molecule has 2 N–H and O–H groups in total. The zero-order valence-electron chi connectivity index (χ0n) is 8.29. The van der Waals surface area contributed by atoms with Crippen LogP contribution in [-0.2, 0) is 4.79 Å². The average molecular weight is 186 g/mol. The molecule has 0 radical (unpaired) electrons. The van der Waals surface area contributed by atoms with E-state index < -0.39 is 5.97 Å². The summed E-state index contributed by atoms with van der Waals surface area (Å²) in [5, 5.41) is 17.6. The molecule has 76 valence electrons. The molecule has 0 spiro atoms. The molecule has 0 aliphatic rings. The molecule has 0 aromatic heterocycles. The van der Waals surface area contributed by atoms with E-state index in [-0.39, 0.29) is 12.5 Å². The lowest BCUT2D eigenvalue weighted by Crippen LogP contribution is -2.02. The van der Waals surface area contributed by atoms with Crippen molar-refractivity contribution in [1.29, 1.82) is 0 Å². The average Bonchev–Trinajstić information content (AvgIpc) is 2.10. The molecule has 0 amide bonds. The number of allylic oxidation sites excluding steroid dienone is 1. The molecule has 0 bridgehead atoms. The Bertz CT molecular complexity index is 185. The predicted octanol–water partition coefficient (Wildman–Crippen LogP) is 1.96. The molecular formula is C10H18O3. The van der Waals surface area contributed by atoms with Crippen molar-refractivity contribution >= 4 is 5.97 Å². The SMILES string of the molecule is CCC(O)C/C=C(\C)CCC(=O)O. The van der Waals surface area contributed by atoms with Gasteiger partial charge >= 0.3 is 5.97 Å². The number of aliphatic carboxylic acids is 1. The van der Waals surface area contributed by atoms with Crippen LogP contribution in [0, 0.1) is 0 Å². The van der Waals surface area contributed by atoms with Gasteiger partial charge in [0.1, 0.15) is 0 Å². The fourth-order valence-corrected chi connectivity index (χ4v) is 0.910. The highest BCUT2D eigenvalue weighted by atomic mass is 16.4. The highest BCUT2D eigenvalue weighted by Gasteiger charge is 2.00. The molecule has 0 aromatic rings. The van der Waals surface area contributed by atoms with Crippen LogP contribution in [0.4, 0.5) is 0 Å². The quantitative estimate of drug-likeness (QED) is 0.623. The number of aliphatic hydroxyl groups excluding tert-OH is 1. The predicted molar refractivity (Wildman–Crippen MR) is 51.5 cm³/mol. The van der Waals surface area contributed by atoms with Crippen molar-refractivity contribution in [3.63, 3.8) is 0 Å². The molecule has 1 atom stereocenters. The molecule has 0 saturated carbocycles. The largest absolute Gasteiger partial charge is 0.481 e. The van der Waals surface area contributed by atoms with Crippen molar-refractivity contribution in [2.75, 3.05) is 0 Å². The van der Waals surface area contributed by atoms with E-state index in [1.807, 2.05) is 19.9 Å². The van der Waals surface area contributed by atoms with E-state index in [4.69, 9.17) is 5.11 Å². The number of carboxylic acids is 1. The van der Waals surface area contributed by atoms with E-state index in [9.17, 15) is 9.90 Å². The van der Waals surface area contributed by atoms with Gasteiger partial charge < -0.3 is 10.2 Å². The standard InChI is InChI=1S/C10H18O3/c1-3-9(11)6-4-8(2)5-7-10(12)13/h4,9,11H,3,5-7H2,1-2H3,(H,12,13)/b8-4+. The molecule has 0 rings (SSSR count). The number of carbonyl (C=O) groups is 1. The minimum Gasteiger partial charge on any atom is -0.481 e. The number of carboxylic acid groups (broad SMARTS) is 1. The molecule has 13 heavy (non-hydrogen) atoms. The number of rotatable bonds is 6. The van der Waals surface area contributed by atoms with Gasteiger partial charge in [-0.1, -0.05) is 18.6 Å². The first kappa shape index (κ1) is 12.2. The van der Waals surface area contributed by atoms with Crippen LogP contribution in [0.3, 0.4) is 0 Å². The molecule has 0 fully saturated rings. The fraction of sp³-hybridized carbons (Fsp3) is 0.700. The molecule has 0 aliphatic heterocycles. The lowest BCUT2D eigenvalue weighted by molar-refractivity contribution is -0.136. The molecule has 1 unspecified atom stereocenters. The van der Waals surface area contributed by atoms with Crippen LogP contribution >= 0.6 is 0 Å². The van der Waals surface area contributed by atoms with Crippen LogP contribution in [0.2, 0.25) is 0 Å². The van der Waals surface area contributed by atoms with Crippen LogP contribution in [0.25, 0.3) is 0 Å². The highest BCUT2D eigenvalue weighted by molar-refractivity contribution is 5.66. The summed E-state index contributed by atoms with van der Waals surface area (Å²) in [6, 6.07) is 0. The molecule has 3 nitrogen and oxygen atoms in total. The summed E-state index contributed by atoms with van der Waals surface area (Å²) < 4.78 is 0. The lowest BCUT2D eigenvalue weighted by atomic mass is 10.1. The Morgan fingerprint density at radius 2 is 2.08 bits per heavy atom. The Hall–Kier alpha value is -0.830. The van der Waals surface area contributed by atoms with Gasteiger partial charge in [0.05, 0.1) is 6.10 Å². The van der Waals surface area contributed by atoms with Gasteiger partial charge in [-0.25, -0.2) is 0 Å². The zero-order valence-corrected chi connectivity index (χ0v) is 8.29. The molecule has 0 heterocycles. The normalized spacial score (nSPS) is 14.2. The van der Waals surface area contributed by atoms with E-state index in [1.165, 1.54) is 0 Å². The van der Waals surface area contributed by atoms with Crippen molar-refractivity contribution < 1.29 is 15.0 Å². The Morgan fingerprint density at radius 3 is 2.54 bits per heavy atom. The first-order valence-corrected chi connectivity index (χ1v) is 4.61. The van der Waals surface area contributed by atoms with Crippen molar-refractivity contribution in [2.45, 2.75) is 45.6 Å². The van der Waals surface area contributed by atoms with Crippen LogP contribution in [0.5, 0.6) is 0 Å². The number of hydrogen-bond donors (Lipinski definition) is 2. The molecule has 3 heteroatoms. The number of aliphatic hydroxyl groups is 1. The van der Waals surface area contributed by atoms with E-state index in [0.29, 0.717) is 12.8 Å². The third-order valence-electron chi connectivity index (χ3n) is 1.94. The van der Waals surface area contributed by atoms with Crippen molar-refractivity contribution in [2.24, 2.45) is 0 Å². The highest BCUT2D eigenvalue weighted by Crippen LogP contribution is 2.07. The smallest absolute Gasteiger partial charge is 0.303 e. The van der Waals surface area contributed by atoms with Crippen LogP contribution in [-0.4, -0.2) is 22.3 Å². The topological polar surface area (TPSA) is 57.5 Å². The summed E-state index contributed by atoms with van der Waals surface area (Å²) in [5.74, 6) is -0.774. The van der Waals surface area contributed by atoms with Gasteiger partial charge in [-0.05, 0) is 26.2 Å². The Labute approximate surface area is 79.1 Å². The Balaban J connectivity index is 3.68. The molecular weight excluding hydrogens is 168 g/mol. The minimum absolute atomic E-state index is 0.171. The van der Waals surface area contributed by atoms with E-state index >= 15 is 0 Å². The summed E-state index contributed by atoms with van der Waals surface area (Å²) in [6.45, 7) is 3.82. The second-order valence-electron chi connectivity index (χ2n) is 3.24. The lowest BCUT2D eigenvalue weighted by Gasteiger charge is -2.04. The van der Waals surface area contributed by atoms with Crippen LogP contribution < -0.4 is 0 Å². The third-order valence-corrected chi connectivity index (χ3v) is 1.94.